The van der Waals surface area contributed by atoms with Crippen molar-refractivity contribution in [3.8, 4) is 0 Å². The minimum Gasteiger partial charge on any atom is -0.285 e. The monoisotopic (exact) mass is 283 g/mol. The Kier molecular flexibility index (Phi) is 7.03. The Morgan fingerprint density at radius 2 is 1.56 bits per heavy atom. The van der Waals surface area contributed by atoms with Crippen molar-refractivity contribution in [2.45, 2.75) is 0 Å². The van der Waals surface area contributed by atoms with Crippen LogP contribution < -0.4 is 0 Å². The molecule has 0 N–H and O–H groups in total. The molecule has 8 heteroatoms. The molecule has 1 aromatic rings. The zero-order valence-electron chi connectivity index (χ0n) is 8.71. The van der Waals surface area contributed by atoms with Crippen molar-refractivity contribution in [3.05, 3.63) is 30.3 Å². The first-order chi connectivity index (χ1) is 7.29. The highest BCUT2D eigenvalue weighted by atomic mass is 36.0. The van der Waals surface area contributed by atoms with Crippen LogP contribution in [0.25, 0.3) is 0 Å². The number of halogens is 2. The maximum atomic E-state index is 9.16. The fraction of sp³-hybridized carbons (Fsp3) is 0.250. The lowest BCUT2D eigenvalue weighted by molar-refractivity contribution is 0.408. The molecule has 1 rings (SSSR count). The summed E-state index contributed by atoms with van der Waals surface area (Å²) >= 11 is 0. The molecule has 5 nitrogen and oxygen atoms in total. The van der Waals surface area contributed by atoms with Gasteiger partial charge in [-0.25, -0.2) is 0 Å². The highest BCUT2D eigenvalue weighted by Gasteiger charge is 1.88. The zero-order valence-corrected chi connectivity index (χ0v) is 11.0. The molecule has 0 aliphatic heterocycles. The third-order valence-corrected chi connectivity index (χ3v) is 1.10. The van der Waals surface area contributed by atoms with Crippen LogP contribution in [-0.4, -0.2) is 27.5 Å². The van der Waals surface area contributed by atoms with Gasteiger partial charge in [0.25, 0.3) is 0 Å². The molecule has 0 bridgehead atoms. The van der Waals surface area contributed by atoms with E-state index in [1.807, 2.05) is 44.4 Å². The van der Waals surface area contributed by atoms with Gasteiger partial charge in [0.15, 0.2) is 0 Å². The van der Waals surface area contributed by atoms with Gasteiger partial charge in [-0.1, -0.05) is 23.4 Å². The lowest BCUT2D eigenvalue weighted by Gasteiger charge is -1.99. The molecule has 1 aromatic carbocycles. The second-order valence-electron chi connectivity index (χ2n) is 2.75. The predicted octanol–water partition coefficient (Wildman–Crippen LogP) is 2.96. The largest absolute Gasteiger partial charge is 0.317 e. The van der Waals surface area contributed by atoms with E-state index in [9.17, 15) is 0 Å². The molecule has 90 valence electrons. The zero-order chi connectivity index (χ0) is 12.6. The fourth-order valence-electron chi connectivity index (χ4n) is 0.636. The molecule has 16 heavy (non-hydrogen) atoms. The van der Waals surface area contributed by atoms with E-state index < -0.39 is 8.26 Å². The molecule has 0 aromatic heterocycles. The number of hydrogen-bond donors (Lipinski definition) is 0. The van der Waals surface area contributed by atoms with Gasteiger partial charge in [0.05, 0.1) is 5.69 Å². The van der Waals surface area contributed by atoms with Gasteiger partial charge in [-0.15, -0.1) is 5.11 Å². The highest BCUT2D eigenvalue weighted by molar-refractivity contribution is 8.31. The number of rotatable bonds is 2. The lowest BCUT2D eigenvalue weighted by Crippen LogP contribution is -1.98. The maximum Gasteiger partial charge on any atom is 0.317 e. The van der Waals surface area contributed by atoms with Gasteiger partial charge >= 0.3 is 8.26 Å². The Labute approximate surface area is 104 Å². The third-order valence-electron chi connectivity index (χ3n) is 1.10. The highest BCUT2D eigenvalue weighted by Crippen LogP contribution is 2.09. The summed E-state index contributed by atoms with van der Waals surface area (Å²) in [4.78, 5) is 0. The summed E-state index contributed by atoms with van der Waals surface area (Å²) in [5.41, 5.74) is 0.876. The molecular weight excluding hydrogens is 273 g/mol. The standard InChI is InChI=1S/C8H11N3.Cl2O2S/c1-11(2)10-9-8-6-4-3-5-7-8;1-5(2,3)4/h3-7H,1-2H3;/b10-9+;. The molecule has 0 fully saturated rings. The average molecular weight is 284 g/mol. The first kappa shape index (κ1) is 15.2. The van der Waals surface area contributed by atoms with E-state index in [0.29, 0.717) is 0 Å². The fourth-order valence-corrected chi connectivity index (χ4v) is 0.636. The molecule has 0 spiro atoms. The van der Waals surface area contributed by atoms with Crippen molar-refractivity contribution in [1.82, 2.24) is 5.01 Å². The Balaban J connectivity index is 0.000000385. The summed E-state index contributed by atoms with van der Waals surface area (Å²) in [6.07, 6.45) is 0. The summed E-state index contributed by atoms with van der Waals surface area (Å²) in [5, 5.41) is 9.47. The molecule has 0 heterocycles. The average Bonchev–Trinajstić information content (AvgIpc) is 2.14. The summed E-state index contributed by atoms with van der Waals surface area (Å²) in [6, 6.07) is 9.64. The molecule has 0 saturated heterocycles. The van der Waals surface area contributed by atoms with E-state index in [0.717, 1.165) is 5.69 Å². The van der Waals surface area contributed by atoms with Crippen LogP contribution in [-0.2, 0) is 8.26 Å². The summed E-state index contributed by atoms with van der Waals surface area (Å²) in [7, 11) is 8.49. The molecule has 0 aliphatic carbocycles. The minimum absolute atomic E-state index is 0.876. The number of nitrogens with zero attached hydrogens (tertiary/aromatic N) is 3. The van der Waals surface area contributed by atoms with Crippen molar-refractivity contribution in [2.24, 2.45) is 10.3 Å². The maximum absolute atomic E-state index is 9.16. The van der Waals surface area contributed by atoms with Crippen molar-refractivity contribution in [1.29, 1.82) is 0 Å². The Morgan fingerprint density at radius 3 is 1.94 bits per heavy atom. The van der Waals surface area contributed by atoms with E-state index in [1.165, 1.54) is 0 Å². The first-order valence-electron chi connectivity index (χ1n) is 4.07. The van der Waals surface area contributed by atoms with Crippen LogP contribution in [0.1, 0.15) is 0 Å². The van der Waals surface area contributed by atoms with Crippen LogP contribution in [0.15, 0.2) is 40.7 Å². The van der Waals surface area contributed by atoms with Crippen molar-refractivity contribution in [2.75, 3.05) is 14.1 Å². The molecule has 0 saturated carbocycles. The van der Waals surface area contributed by atoms with Crippen LogP contribution in [0.3, 0.4) is 0 Å². The lowest BCUT2D eigenvalue weighted by atomic mass is 10.3. The quantitative estimate of drug-likeness (QED) is 0.476. The van der Waals surface area contributed by atoms with E-state index in [2.05, 4.69) is 31.7 Å². The van der Waals surface area contributed by atoms with Gasteiger partial charge in [0.1, 0.15) is 0 Å². The van der Waals surface area contributed by atoms with Crippen LogP contribution in [0.4, 0.5) is 5.69 Å². The van der Waals surface area contributed by atoms with Gasteiger partial charge in [-0.2, -0.15) is 8.42 Å². The molecule has 0 amide bonds. The third kappa shape index (κ3) is 13.2. The van der Waals surface area contributed by atoms with Crippen LogP contribution in [0.2, 0.25) is 0 Å². The summed E-state index contributed by atoms with van der Waals surface area (Å²) < 4.78 is 18.3. The van der Waals surface area contributed by atoms with E-state index in [-0.39, 0.29) is 0 Å². The van der Waals surface area contributed by atoms with Crippen LogP contribution >= 0.6 is 21.4 Å². The number of hydrogen-bond acceptors (Lipinski definition) is 4. The van der Waals surface area contributed by atoms with Crippen LogP contribution in [0.5, 0.6) is 0 Å². The second kappa shape index (κ2) is 7.43. The molecule has 0 aliphatic rings. The molecular formula is C8H11Cl2N3O2S. The van der Waals surface area contributed by atoms with Crippen LogP contribution in [0, 0.1) is 0 Å². The van der Waals surface area contributed by atoms with E-state index in [1.54, 1.807) is 5.01 Å². The van der Waals surface area contributed by atoms with Crippen molar-refractivity contribution in [3.63, 3.8) is 0 Å². The van der Waals surface area contributed by atoms with Gasteiger partial charge < -0.3 is 0 Å². The van der Waals surface area contributed by atoms with E-state index in [4.69, 9.17) is 8.42 Å². The van der Waals surface area contributed by atoms with Gasteiger partial charge in [0, 0.05) is 35.5 Å². The van der Waals surface area contributed by atoms with Crippen molar-refractivity contribution >= 4 is 35.3 Å². The SMILES string of the molecule is CN(C)/N=N/c1ccccc1.O=S(=O)(Cl)Cl. The Hall–Kier alpha value is -0.850. The van der Waals surface area contributed by atoms with Gasteiger partial charge in [-0.05, 0) is 12.1 Å². The van der Waals surface area contributed by atoms with E-state index >= 15 is 0 Å². The molecule has 0 unspecified atom stereocenters. The smallest absolute Gasteiger partial charge is 0.285 e. The summed E-state index contributed by atoms with van der Waals surface area (Å²) in [5.74, 6) is 0. The summed E-state index contributed by atoms with van der Waals surface area (Å²) in [6.45, 7) is 0. The Morgan fingerprint density at radius 1 is 1.12 bits per heavy atom. The predicted molar refractivity (Wildman–Crippen MR) is 65.3 cm³/mol. The molecule has 0 radical (unpaired) electrons. The normalized spacial score (nSPS) is 10.8. The minimum atomic E-state index is -3.72. The number of benzene rings is 1. The Bertz CT molecular complexity index is 412. The van der Waals surface area contributed by atoms with Crippen molar-refractivity contribution < 1.29 is 8.42 Å². The second-order valence-corrected chi connectivity index (χ2v) is 6.42. The first-order valence-corrected chi connectivity index (χ1v) is 7.21. The van der Waals surface area contributed by atoms with Gasteiger partial charge in [0.2, 0.25) is 0 Å². The topological polar surface area (TPSA) is 62.1 Å². The molecule has 0 atom stereocenters. The van der Waals surface area contributed by atoms with Gasteiger partial charge in [-0.3, -0.25) is 5.01 Å².